The largest absolute Gasteiger partial charge is 0.480 e. The monoisotopic (exact) mass is 312 g/mol. The Morgan fingerprint density at radius 2 is 2.35 bits per heavy atom. The maximum Gasteiger partial charge on any atom is 0.329 e. The normalized spacial score (nSPS) is 22.1. The summed E-state index contributed by atoms with van der Waals surface area (Å²) in [7, 11) is 0. The first-order valence-electron chi connectivity index (χ1n) is 6.32. The summed E-state index contributed by atoms with van der Waals surface area (Å²) >= 11 is 2.85. The maximum atomic E-state index is 10.9. The molecule has 1 aliphatic rings. The van der Waals surface area contributed by atoms with Crippen molar-refractivity contribution in [3.63, 3.8) is 0 Å². The molecule has 1 unspecified atom stereocenters. The van der Waals surface area contributed by atoms with Crippen LogP contribution in [-0.2, 0) is 4.79 Å². The number of hydrogen-bond acceptors (Lipinski definition) is 6. The highest BCUT2D eigenvalue weighted by Crippen LogP contribution is 2.23. The van der Waals surface area contributed by atoms with Gasteiger partial charge in [0.1, 0.15) is 10.1 Å². The molecule has 20 heavy (non-hydrogen) atoms. The van der Waals surface area contributed by atoms with Gasteiger partial charge in [-0.3, -0.25) is 4.99 Å². The molecule has 0 aliphatic carbocycles. The van der Waals surface area contributed by atoms with E-state index in [0.717, 1.165) is 21.3 Å². The Morgan fingerprint density at radius 3 is 2.90 bits per heavy atom. The predicted molar refractivity (Wildman–Crippen MR) is 82.7 cm³/mol. The summed E-state index contributed by atoms with van der Waals surface area (Å²) < 4.78 is 0.902. The zero-order valence-corrected chi connectivity index (χ0v) is 12.9. The van der Waals surface area contributed by atoms with Crippen LogP contribution in [0.2, 0.25) is 0 Å². The second-order valence-electron chi connectivity index (χ2n) is 4.39. The van der Waals surface area contributed by atoms with E-state index >= 15 is 0 Å². The Balaban J connectivity index is 2.43. The van der Waals surface area contributed by atoms with Gasteiger partial charge in [0.05, 0.1) is 16.0 Å². The van der Waals surface area contributed by atoms with Gasteiger partial charge in [-0.2, -0.15) is 0 Å². The van der Waals surface area contributed by atoms with Crippen LogP contribution < -0.4 is 9.88 Å². The number of aliphatic hydroxyl groups excluding tert-OH is 1. The number of thioether (sulfide) groups is 1. The van der Waals surface area contributed by atoms with E-state index < -0.39 is 18.1 Å². The minimum atomic E-state index is -0.903. The molecule has 1 aliphatic heterocycles. The number of aliphatic carboxylic acids is 1. The number of aromatic nitrogens is 1. The molecule has 1 aromatic heterocycles. The summed E-state index contributed by atoms with van der Waals surface area (Å²) in [5, 5.41) is 20.7. The van der Waals surface area contributed by atoms with Crippen LogP contribution in [-0.4, -0.2) is 44.1 Å². The molecule has 0 aromatic carbocycles. The number of carboxylic acid groups (broad SMARTS) is 1. The zero-order valence-electron chi connectivity index (χ0n) is 11.2. The minimum absolute atomic E-state index is 0.451. The molecule has 2 atom stereocenters. The van der Waals surface area contributed by atoms with E-state index in [1.807, 2.05) is 13.0 Å². The Kier molecular flexibility index (Phi) is 4.95. The molecule has 0 saturated heterocycles. The van der Waals surface area contributed by atoms with Gasteiger partial charge in [-0.25, -0.2) is 9.78 Å². The molecule has 0 spiro atoms. The Labute approximate surface area is 124 Å². The average Bonchev–Trinajstić information content (AvgIpc) is 2.96. The van der Waals surface area contributed by atoms with Crippen molar-refractivity contribution < 1.29 is 15.0 Å². The average molecular weight is 312 g/mol. The lowest BCUT2D eigenvalue weighted by molar-refractivity contribution is -0.137. The highest BCUT2D eigenvalue weighted by atomic mass is 32.2. The quantitative estimate of drug-likeness (QED) is 0.843. The van der Waals surface area contributed by atoms with Gasteiger partial charge in [-0.05, 0) is 19.4 Å². The number of rotatable bonds is 4. The summed E-state index contributed by atoms with van der Waals surface area (Å²) in [6.45, 7) is 3.71. The van der Waals surface area contributed by atoms with E-state index in [4.69, 9.17) is 5.11 Å². The Morgan fingerprint density at radius 1 is 1.60 bits per heavy atom. The molecule has 0 bridgehead atoms. The molecule has 2 N–H and O–H groups in total. The number of carbonyl (C=O) groups is 1. The third-order valence-electron chi connectivity index (χ3n) is 2.59. The van der Waals surface area contributed by atoms with Crippen molar-refractivity contribution in [2.75, 3.05) is 5.75 Å². The summed E-state index contributed by atoms with van der Waals surface area (Å²) in [5.74, 6) is -0.452. The van der Waals surface area contributed by atoms with Gasteiger partial charge in [0.25, 0.3) is 0 Å². The van der Waals surface area contributed by atoms with Crippen molar-refractivity contribution in [1.29, 1.82) is 0 Å². The van der Waals surface area contributed by atoms with E-state index in [-0.39, 0.29) is 0 Å². The fourth-order valence-electron chi connectivity index (χ4n) is 1.73. The molecular weight excluding hydrogens is 296 g/mol. The minimum Gasteiger partial charge on any atom is -0.480 e. The third kappa shape index (κ3) is 3.47. The molecule has 108 valence electrons. The topological polar surface area (TPSA) is 82.8 Å². The molecule has 0 fully saturated rings. The highest BCUT2D eigenvalue weighted by molar-refractivity contribution is 8.15. The van der Waals surface area contributed by atoms with Crippen LogP contribution in [0.4, 0.5) is 0 Å². The lowest BCUT2D eigenvalue weighted by atomic mass is 10.3. The van der Waals surface area contributed by atoms with Crippen LogP contribution in [0.15, 0.2) is 4.99 Å². The fourth-order valence-corrected chi connectivity index (χ4v) is 3.93. The van der Waals surface area contributed by atoms with Gasteiger partial charge in [-0.1, -0.05) is 13.0 Å². The van der Waals surface area contributed by atoms with Crippen molar-refractivity contribution in [2.24, 2.45) is 4.99 Å². The lowest BCUT2D eigenvalue weighted by Gasteiger charge is -1.93. The van der Waals surface area contributed by atoms with Crippen LogP contribution >= 0.6 is 23.1 Å². The lowest BCUT2D eigenvalue weighted by Crippen LogP contribution is -2.22. The number of nitrogens with zero attached hydrogens (tertiary/aromatic N) is 2. The van der Waals surface area contributed by atoms with Crippen LogP contribution in [0.5, 0.6) is 0 Å². The number of aliphatic imine (C=N–C) groups is 1. The van der Waals surface area contributed by atoms with E-state index in [1.165, 1.54) is 23.1 Å². The van der Waals surface area contributed by atoms with Crippen LogP contribution in [0, 0.1) is 0 Å². The molecule has 7 heteroatoms. The van der Waals surface area contributed by atoms with Gasteiger partial charge in [0.15, 0.2) is 6.04 Å². The van der Waals surface area contributed by atoms with Gasteiger partial charge in [0.2, 0.25) is 0 Å². The van der Waals surface area contributed by atoms with Gasteiger partial charge < -0.3 is 10.2 Å². The number of aliphatic hydroxyl groups is 1. The number of hydrogen-bond donors (Lipinski definition) is 2. The molecule has 2 heterocycles. The molecule has 1 aromatic rings. The van der Waals surface area contributed by atoms with E-state index in [9.17, 15) is 9.90 Å². The van der Waals surface area contributed by atoms with Crippen LogP contribution in [0.1, 0.15) is 25.3 Å². The molecule has 2 rings (SSSR count). The third-order valence-corrected chi connectivity index (χ3v) is 4.82. The first-order valence-corrected chi connectivity index (χ1v) is 8.12. The van der Waals surface area contributed by atoms with Crippen LogP contribution in [0.3, 0.4) is 0 Å². The van der Waals surface area contributed by atoms with Crippen LogP contribution in [0.25, 0.3) is 12.2 Å². The van der Waals surface area contributed by atoms with Crippen molar-refractivity contribution in [2.45, 2.75) is 32.4 Å². The smallest absolute Gasteiger partial charge is 0.329 e. The first kappa shape index (κ1) is 15.2. The fraction of sp³-hybridized carbons (Fsp3) is 0.462. The molecule has 0 saturated carbocycles. The molecule has 5 nitrogen and oxygen atoms in total. The summed E-state index contributed by atoms with van der Waals surface area (Å²) in [4.78, 5) is 19.6. The SMILES string of the molecule is CC/C=c1/nc(C2=N[C@@H](C(=O)O)CS2)s/c1=C/C(C)O. The van der Waals surface area contributed by atoms with E-state index in [0.29, 0.717) is 10.8 Å². The molecule has 0 radical (unpaired) electrons. The Hall–Kier alpha value is -1.18. The van der Waals surface area contributed by atoms with Crippen molar-refractivity contribution in [3.8, 4) is 0 Å². The summed E-state index contributed by atoms with van der Waals surface area (Å²) in [5.41, 5.74) is 0. The number of carboxylic acids is 1. The maximum absolute atomic E-state index is 10.9. The number of thiazole rings is 1. The molecule has 0 amide bonds. The first-order chi connectivity index (χ1) is 9.51. The predicted octanol–water partition coefficient (Wildman–Crippen LogP) is 0.442. The van der Waals surface area contributed by atoms with E-state index in [2.05, 4.69) is 9.98 Å². The standard InChI is InChI=1S/C13H16N2O3S2/c1-3-4-8-10(5-7(2)16)20-12(14-8)11-15-9(6-19-11)13(17)18/h4-5,7,9,16H,3,6H2,1-2H3,(H,17,18)/b8-4+,10-5+/t7?,9-/m1/s1. The zero-order chi connectivity index (χ0) is 14.7. The Bertz CT molecular complexity index is 649. The molecular formula is C13H16N2O3S2. The summed E-state index contributed by atoms with van der Waals surface area (Å²) in [6, 6.07) is -0.679. The van der Waals surface area contributed by atoms with Crippen molar-refractivity contribution in [3.05, 3.63) is 14.9 Å². The van der Waals surface area contributed by atoms with Gasteiger partial charge in [0, 0.05) is 5.75 Å². The second kappa shape index (κ2) is 6.51. The second-order valence-corrected chi connectivity index (χ2v) is 6.43. The summed E-state index contributed by atoms with van der Waals surface area (Å²) in [6.07, 6.45) is 4.04. The van der Waals surface area contributed by atoms with Crippen molar-refractivity contribution in [1.82, 2.24) is 4.98 Å². The van der Waals surface area contributed by atoms with Gasteiger partial charge in [-0.15, -0.1) is 23.1 Å². The van der Waals surface area contributed by atoms with E-state index in [1.54, 1.807) is 13.0 Å². The highest BCUT2D eigenvalue weighted by Gasteiger charge is 2.26. The van der Waals surface area contributed by atoms with Gasteiger partial charge >= 0.3 is 5.97 Å². The van der Waals surface area contributed by atoms with Crippen molar-refractivity contribution >= 4 is 46.3 Å².